The van der Waals surface area contributed by atoms with Gasteiger partial charge in [0.1, 0.15) is 11.2 Å². The molecule has 1 unspecified atom stereocenters. The molecule has 3 aliphatic rings. The molecule has 43 heavy (non-hydrogen) atoms. The van der Waals surface area contributed by atoms with Gasteiger partial charge in [-0.15, -0.1) is 0 Å². The molecule has 0 fully saturated rings. The maximum Gasteiger partial charge on any atom is 0.210 e. The Morgan fingerprint density at radius 2 is 1.26 bits per heavy atom. The molecule has 5 aromatic carbocycles. The van der Waals surface area contributed by atoms with Crippen LogP contribution in [0.5, 0.6) is 0 Å². The van der Waals surface area contributed by atoms with Crippen molar-refractivity contribution in [1.29, 1.82) is 0 Å². The number of ketones is 3. The van der Waals surface area contributed by atoms with Crippen LogP contribution in [0, 0.1) is 0 Å². The van der Waals surface area contributed by atoms with Crippen LogP contribution in [0.4, 0.5) is 5.82 Å². The summed E-state index contributed by atoms with van der Waals surface area (Å²) in [6.07, 6.45) is 0. The normalized spacial score (nSPS) is 18.1. The number of carbonyl (C=O) groups excluding carboxylic acids is 3. The van der Waals surface area contributed by atoms with Crippen molar-refractivity contribution >= 4 is 33.9 Å². The predicted octanol–water partition coefficient (Wildman–Crippen LogP) is 6.93. The summed E-state index contributed by atoms with van der Waals surface area (Å²) >= 11 is 0. The number of carbonyl (C=O) groups is 3. The number of anilines is 1. The fraction of sp³-hybridized carbons (Fsp3) is 0.0270. The number of para-hydroxylation sites is 1. The minimum Gasteiger partial charge on any atom is -0.336 e. The lowest BCUT2D eigenvalue weighted by Gasteiger charge is -2.39. The SMILES string of the molecule is O=C1C2=C(C(=O)c3ccccc31)C1(C(=O)c3cccc4cccc1c34)c1c(-c3ccccc3)nn(-c3ccccc3)c1N2. The number of hydrogen-bond donors (Lipinski definition) is 1. The van der Waals surface area contributed by atoms with Crippen LogP contribution in [-0.4, -0.2) is 27.1 Å². The summed E-state index contributed by atoms with van der Waals surface area (Å²) in [4.78, 5) is 44.2. The summed E-state index contributed by atoms with van der Waals surface area (Å²) in [5.74, 6) is -0.413. The predicted molar refractivity (Wildman–Crippen MR) is 164 cm³/mol. The van der Waals surface area contributed by atoms with Crippen LogP contribution in [0.2, 0.25) is 0 Å². The zero-order valence-electron chi connectivity index (χ0n) is 22.7. The molecule has 6 nitrogen and oxygen atoms in total. The minimum absolute atomic E-state index is 0.117. The molecule has 0 amide bonds. The van der Waals surface area contributed by atoms with Gasteiger partial charge in [0.05, 0.1) is 22.7 Å². The highest BCUT2D eigenvalue weighted by Crippen LogP contribution is 2.59. The minimum atomic E-state index is -1.60. The van der Waals surface area contributed by atoms with Crippen molar-refractivity contribution in [2.24, 2.45) is 0 Å². The molecule has 2 aliphatic carbocycles. The molecular weight excluding hydrogens is 534 g/mol. The Bertz CT molecular complexity index is 2260. The number of hydrogen-bond acceptors (Lipinski definition) is 5. The Balaban J connectivity index is 1.49. The van der Waals surface area contributed by atoms with Gasteiger partial charge in [-0.25, -0.2) is 4.68 Å². The number of aromatic nitrogens is 2. The fourth-order valence-electron chi connectivity index (χ4n) is 7.20. The molecule has 2 heterocycles. The maximum absolute atomic E-state index is 15.2. The molecular formula is C37H21N3O3. The van der Waals surface area contributed by atoms with Gasteiger partial charge in [0.25, 0.3) is 0 Å². The number of rotatable bonds is 2. The number of Topliss-reactive ketones (excluding diaryl/α,β-unsaturated/α-hetero) is 3. The lowest BCUT2D eigenvalue weighted by Crippen LogP contribution is -2.46. The number of nitrogens with zero attached hydrogens (tertiary/aromatic N) is 2. The zero-order chi connectivity index (χ0) is 28.9. The first-order valence-corrected chi connectivity index (χ1v) is 14.1. The third-order valence-corrected chi connectivity index (χ3v) is 8.94. The van der Waals surface area contributed by atoms with E-state index in [2.05, 4.69) is 5.32 Å². The molecule has 0 saturated carbocycles. The van der Waals surface area contributed by atoms with Crippen molar-refractivity contribution in [3.05, 3.63) is 160 Å². The van der Waals surface area contributed by atoms with E-state index in [4.69, 9.17) is 5.10 Å². The van der Waals surface area contributed by atoms with Gasteiger partial charge in [0, 0.05) is 27.8 Å². The summed E-state index contributed by atoms with van der Waals surface area (Å²) in [7, 11) is 0. The molecule has 0 saturated heterocycles. The van der Waals surface area contributed by atoms with Gasteiger partial charge in [-0.3, -0.25) is 14.4 Å². The van der Waals surface area contributed by atoms with E-state index < -0.39 is 5.41 Å². The summed E-state index contributed by atoms with van der Waals surface area (Å²) in [6.45, 7) is 0. The molecule has 9 rings (SSSR count). The smallest absolute Gasteiger partial charge is 0.210 e. The number of allylic oxidation sites excluding steroid dienone is 2. The summed E-state index contributed by atoms with van der Waals surface area (Å²) in [6, 6.07) is 37.6. The second-order valence-electron chi connectivity index (χ2n) is 11.1. The molecule has 1 atom stereocenters. The van der Waals surface area contributed by atoms with Gasteiger partial charge in [-0.05, 0) is 28.5 Å². The largest absolute Gasteiger partial charge is 0.336 e. The molecule has 1 aliphatic heterocycles. The number of fused-ring (bicyclic) bond motifs is 5. The lowest BCUT2D eigenvalue weighted by atomic mass is 9.62. The van der Waals surface area contributed by atoms with E-state index >= 15 is 4.79 Å². The highest BCUT2D eigenvalue weighted by atomic mass is 16.1. The molecule has 1 N–H and O–H groups in total. The maximum atomic E-state index is 15.2. The van der Waals surface area contributed by atoms with Crippen LogP contribution < -0.4 is 5.32 Å². The molecule has 0 bridgehead atoms. The van der Waals surface area contributed by atoms with E-state index in [1.165, 1.54) is 0 Å². The van der Waals surface area contributed by atoms with Gasteiger partial charge >= 0.3 is 0 Å². The van der Waals surface area contributed by atoms with Crippen molar-refractivity contribution in [2.75, 3.05) is 5.32 Å². The van der Waals surface area contributed by atoms with Crippen molar-refractivity contribution in [1.82, 2.24) is 9.78 Å². The second kappa shape index (κ2) is 8.33. The molecule has 1 aromatic heterocycles. The summed E-state index contributed by atoms with van der Waals surface area (Å²) in [5, 5.41) is 10.2. The first-order chi connectivity index (χ1) is 21.1. The highest BCUT2D eigenvalue weighted by Gasteiger charge is 2.61. The van der Waals surface area contributed by atoms with Crippen LogP contribution in [-0.2, 0) is 5.41 Å². The standard InChI is InChI=1S/C37H21N3O3/c41-33-24-17-7-8-18-25(24)34(42)32-29(33)37(27-20-10-14-21-13-9-19-26(28(21)27)35(37)43)30-31(22-11-3-1-4-12-22)39-40(36(30)38-32)23-15-5-2-6-16-23/h1-20,38H. The lowest BCUT2D eigenvalue weighted by molar-refractivity contribution is 0.0896. The van der Waals surface area contributed by atoms with Gasteiger partial charge in [-0.1, -0.05) is 109 Å². The van der Waals surface area contributed by atoms with Gasteiger partial charge < -0.3 is 5.32 Å². The van der Waals surface area contributed by atoms with Crippen molar-refractivity contribution in [3.8, 4) is 16.9 Å². The van der Waals surface area contributed by atoms with E-state index in [0.29, 0.717) is 39.3 Å². The Morgan fingerprint density at radius 1 is 0.628 bits per heavy atom. The van der Waals surface area contributed by atoms with Crippen LogP contribution in [0.25, 0.3) is 27.7 Å². The summed E-state index contributed by atoms with van der Waals surface area (Å²) in [5.41, 5.74) is 3.17. The van der Waals surface area contributed by atoms with E-state index in [-0.39, 0.29) is 28.6 Å². The fourth-order valence-corrected chi connectivity index (χ4v) is 7.20. The third-order valence-electron chi connectivity index (χ3n) is 8.94. The zero-order valence-corrected chi connectivity index (χ0v) is 22.7. The first-order valence-electron chi connectivity index (χ1n) is 14.1. The Morgan fingerprint density at radius 3 is 2.00 bits per heavy atom. The van der Waals surface area contributed by atoms with E-state index in [1.807, 2.05) is 97.1 Å². The van der Waals surface area contributed by atoms with Crippen molar-refractivity contribution in [2.45, 2.75) is 5.41 Å². The molecule has 6 aromatic rings. The highest BCUT2D eigenvalue weighted by molar-refractivity contribution is 6.36. The van der Waals surface area contributed by atoms with Crippen LogP contribution in [0.15, 0.2) is 133 Å². The van der Waals surface area contributed by atoms with E-state index in [1.54, 1.807) is 28.9 Å². The molecule has 202 valence electrons. The van der Waals surface area contributed by atoms with E-state index in [9.17, 15) is 9.59 Å². The van der Waals surface area contributed by atoms with Crippen LogP contribution >= 0.6 is 0 Å². The average Bonchev–Trinajstić information content (AvgIpc) is 3.56. The first kappa shape index (κ1) is 23.8. The van der Waals surface area contributed by atoms with Crippen LogP contribution in [0.3, 0.4) is 0 Å². The van der Waals surface area contributed by atoms with Crippen LogP contribution in [0.1, 0.15) is 42.2 Å². The topological polar surface area (TPSA) is 81.1 Å². The van der Waals surface area contributed by atoms with Gasteiger partial charge in [0.15, 0.2) is 11.6 Å². The molecule has 1 spiro atoms. The third kappa shape index (κ3) is 2.87. The Labute approximate surface area is 245 Å². The van der Waals surface area contributed by atoms with Gasteiger partial charge in [0.2, 0.25) is 5.78 Å². The Kier molecular flexibility index (Phi) is 4.61. The number of nitrogens with one attached hydrogen (secondary N) is 1. The van der Waals surface area contributed by atoms with Crippen molar-refractivity contribution in [3.63, 3.8) is 0 Å². The quantitative estimate of drug-likeness (QED) is 0.251. The van der Waals surface area contributed by atoms with E-state index in [0.717, 1.165) is 22.0 Å². The molecule has 0 radical (unpaired) electrons. The summed E-state index contributed by atoms with van der Waals surface area (Å²) < 4.78 is 1.75. The van der Waals surface area contributed by atoms with Crippen molar-refractivity contribution < 1.29 is 14.4 Å². The second-order valence-corrected chi connectivity index (χ2v) is 11.1. The number of benzene rings is 5. The van der Waals surface area contributed by atoms with Gasteiger partial charge in [-0.2, -0.15) is 5.10 Å². The average molecular weight is 556 g/mol. The monoisotopic (exact) mass is 555 g/mol. The molecule has 6 heteroatoms. The Hall–Kier alpha value is -5.88.